The molecule has 1 fully saturated rings. The molecule has 98 valence electrons. The van der Waals surface area contributed by atoms with E-state index in [2.05, 4.69) is 6.92 Å². The quantitative estimate of drug-likeness (QED) is 0.614. The molecule has 1 aliphatic heterocycles. The lowest BCUT2D eigenvalue weighted by atomic mass is 10.2. The van der Waals surface area contributed by atoms with Crippen LogP contribution in [0.25, 0.3) is 0 Å². The summed E-state index contributed by atoms with van der Waals surface area (Å²) in [6.07, 6.45) is 0.983. The van der Waals surface area contributed by atoms with Gasteiger partial charge in [0.25, 0.3) is 5.69 Å². The van der Waals surface area contributed by atoms with Crippen LogP contribution in [0.1, 0.15) is 13.3 Å². The first-order chi connectivity index (χ1) is 8.52. The number of rotatable bonds is 3. The summed E-state index contributed by atoms with van der Waals surface area (Å²) in [5.74, 6) is -0.184. The molecule has 0 amide bonds. The van der Waals surface area contributed by atoms with E-state index in [1.807, 2.05) is 4.90 Å². The normalized spacial score (nSPS) is 19.1. The molecule has 0 saturated carbocycles. The maximum absolute atomic E-state index is 13.5. The van der Waals surface area contributed by atoms with Crippen molar-refractivity contribution in [3.63, 3.8) is 0 Å². The fraction of sp³-hybridized carbons (Fsp3) is 0.500. The Hall–Kier alpha value is -1.85. The predicted molar refractivity (Wildman–Crippen MR) is 65.6 cm³/mol. The molecule has 0 aromatic heterocycles. The van der Waals surface area contributed by atoms with Gasteiger partial charge in [-0.2, -0.15) is 0 Å². The Morgan fingerprint density at radius 3 is 2.78 bits per heavy atom. The van der Waals surface area contributed by atoms with Gasteiger partial charge in [0, 0.05) is 19.2 Å². The first-order valence-corrected chi connectivity index (χ1v) is 5.79. The monoisotopic (exact) mass is 254 g/mol. The number of hydrogen-bond acceptors (Lipinski definition) is 4. The minimum atomic E-state index is -0.708. The van der Waals surface area contributed by atoms with Crippen LogP contribution in [-0.2, 0) is 0 Å². The summed E-state index contributed by atoms with van der Waals surface area (Å²) in [6, 6.07) is 2.34. The molecular formula is C12H15FN2O3. The van der Waals surface area contributed by atoms with E-state index in [9.17, 15) is 14.5 Å². The highest BCUT2D eigenvalue weighted by molar-refractivity contribution is 5.66. The van der Waals surface area contributed by atoms with E-state index in [4.69, 9.17) is 4.74 Å². The van der Waals surface area contributed by atoms with Crippen molar-refractivity contribution in [2.75, 3.05) is 25.1 Å². The lowest BCUT2D eigenvalue weighted by Gasteiger charge is -2.19. The van der Waals surface area contributed by atoms with Crippen LogP contribution in [0.15, 0.2) is 12.1 Å². The molecule has 1 atom stereocenters. The molecule has 1 heterocycles. The number of nitrogens with zero attached hydrogens (tertiary/aromatic N) is 2. The second-order valence-corrected chi connectivity index (χ2v) is 4.57. The zero-order valence-electron chi connectivity index (χ0n) is 10.4. The maximum atomic E-state index is 13.5. The van der Waals surface area contributed by atoms with Gasteiger partial charge in [0.2, 0.25) is 0 Å². The van der Waals surface area contributed by atoms with Crippen LogP contribution < -0.4 is 9.64 Å². The van der Waals surface area contributed by atoms with Crippen molar-refractivity contribution in [2.45, 2.75) is 13.3 Å². The number of ether oxygens (including phenoxy) is 1. The molecule has 1 aliphatic rings. The Morgan fingerprint density at radius 1 is 1.56 bits per heavy atom. The fourth-order valence-corrected chi connectivity index (χ4v) is 2.24. The summed E-state index contributed by atoms with van der Waals surface area (Å²) in [7, 11) is 1.35. The van der Waals surface area contributed by atoms with Gasteiger partial charge in [-0.3, -0.25) is 10.1 Å². The van der Waals surface area contributed by atoms with Gasteiger partial charge in [-0.15, -0.1) is 0 Å². The molecule has 1 unspecified atom stereocenters. The molecule has 1 aromatic rings. The van der Waals surface area contributed by atoms with Crippen molar-refractivity contribution in [2.24, 2.45) is 5.92 Å². The smallest absolute Gasteiger partial charge is 0.295 e. The van der Waals surface area contributed by atoms with Gasteiger partial charge in [-0.25, -0.2) is 4.39 Å². The standard InChI is InChI=1S/C12H15FN2O3/c1-8-3-4-14(7-8)10-6-12(18-2)9(13)5-11(10)15(16)17/h5-6,8H,3-4,7H2,1-2H3. The molecular weight excluding hydrogens is 239 g/mol. The molecule has 0 N–H and O–H groups in total. The summed E-state index contributed by atoms with van der Waals surface area (Å²) in [4.78, 5) is 12.3. The number of benzene rings is 1. The molecule has 2 rings (SSSR count). The molecule has 5 nitrogen and oxygen atoms in total. The van der Waals surface area contributed by atoms with E-state index >= 15 is 0 Å². The van der Waals surface area contributed by atoms with Crippen molar-refractivity contribution in [3.05, 3.63) is 28.1 Å². The van der Waals surface area contributed by atoms with Crippen LogP contribution >= 0.6 is 0 Å². The zero-order valence-corrected chi connectivity index (χ0v) is 10.4. The topological polar surface area (TPSA) is 55.6 Å². The average Bonchev–Trinajstić information content (AvgIpc) is 2.75. The van der Waals surface area contributed by atoms with Crippen molar-refractivity contribution in [3.8, 4) is 5.75 Å². The summed E-state index contributed by atoms with van der Waals surface area (Å²) < 4.78 is 18.4. The molecule has 0 radical (unpaired) electrons. The van der Waals surface area contributed by atoms with Gasteiger partial charge in [-0.1, -0.05) is 6.92 Å². The summed E-state index contributed by atoms with van der Waals surface area (Å²) in [5.41, 5.74) is 0.227. The SMILES string of the molecule is COc1cc(N2CCC(C)C2)c([N+](=O)[O-])cc1F. The van der Waals surface area contributed by atoms with Crippen molar-refractivity contribution in [1.82, 2.24) is 0 Å². The van der Waals surface area contributed by atoms with Crippen LogP contribution in [-0.4, -0.2) is 25.1 Å². The van der Waals surface area contributed by atoms with Gasteiger partial charge >= 0.3 is 0 Å². The second-order valence-electron chi connectivity index (χ2n) is 4.57. The van der Waals surface area contributed by atoms with Crippen molar-refractivity contribution < 1.29 is 14.1 Å². The van der Waals surface area contributed by atoms with Crippen LogP contribution in [0.2, 0.25) is 0 Å². The van der Waals surface area contributed by atoms with Gasteiger partial charge in [-0.05, 0) is 12.3 Å². The third kappa shape index (κ3) is 2.23. The highest BCUT2D eigenvalue weighted by Gasteiger charge is 2.27. The average molecular weight is 254 g/mol. The molecule has 1 aromatic carbocycles. The maximum Gasteiger partial charge on any atom is 0.295 e. The number of nitro groups is 1. The van der Waals surface area contributed by atoms with E-state index in [0.29, 0.717) is 11.6 Å². The molecule has 0 spiro atoms. The minimum Gasteiger partial charge on any atom is -0.494 e. The Balaban J connectivity index is 2.46. The van der Waals surface area contributed by atoms with Crippen LogP contribution in [0, 0.1) is 21.8 Å². The number of methoxy groups -OCH3 is 1. The van der Waals surface area contributed by atoms with Gasteiger partial charge in [0.15, 0.2) is 11.6 Å². The zero-order chi connectivity index (χ0) is 13.3. The predicted octanol–water partition coefficient (Wildman–Crippen LogP) is 2.59. The largest absolute Gasteiger partial charge is 0.494 e. The van der Waals surface area contributed by atoms with Crippen LogP contribution in [0.4, 0.5) is 15.8 Å². The van der Waals surface area contributed by atoms with E-state index in [0.717, 1.165) is 25.6 Å². The Morgan fingerprint density at radius 2 is 2.28 bits per heavy atom. The van der Waals surface area contributed by atoms with Crippen LogP contribution in [0.3, 0.4) is 0 Å². The van der Waals surface area contributed by atoms with E-state index in [-0.39, 0.29) is 11.4 Å². The molecule has 18 heavy (non-hydrogen) atoms. The summed E-state index contributed by atoms with van der Waals surface area (Å²) >= 11 is 0. The Bertz CT molecular complexity index is 479. The van der Waals surface area contributed by atoms with E-state index in [1.165, 1.54) is 13.2 Å². The van der Waals surface area contributed by atoms with Crippen molar-refractivity contribution in [1.29, 1.82) is 0 Å². The molecule has 0 aliphatic carbocycles. The number of anilines is 1. The molecule has 6 heteroatoms. The molecule has 1 saturated heterocycles. The van der Waals surface area contributed by atoms with Gasteiger partial charge in [0.05, 0.1) is 18.1 Å². The van der Waals surface area contributed by atoms with E-state index in [1.54, 1.807) is 0 Å². The first kappa shape index (κ1) is 12.6. The second kappa shape index (κ2) is 4.80. The highest BCUT2D eigenvalue weighted by atomic mass is 19.1. The van der Waals surface area contributed by atoms with Crippen molar-refractivity contribution >= 4 is 11.4 Å². The molecule has 0 bridgehead atoms. The highest BCUT2D eigenvalue weighted by Crippen LogP contribution is 2.36. The van der Waals surface area contributed by atoms with Crippen LogP contribution in [0.5, 0.6) is 5.75 Å². The number of nitro benzene ring substituents is 1. The third-order valence-electron chi connectivity index (χ3n) is 3.21. The fourth-order valence-electron chi connectivity index (χ4n) is 2.24. The summed E-state index contributed by atoms with van der Waals surface area (Å²) in [6.45, 7) is 3.58. The first-order valence-electron chi connectivity index (χ1n) is 5.79. The lowest BCUT2D eigenvalue weighted by molar-refractivity contribution is -0.384. The van der Waals surface area contributed by atoms with E-state index < -0.39 is 10.7 Å². The van der Waals surface area contributed by atoms with Gasteiger partial charge in [0.1, 0.15) is 5.69 Å². The number of hydrogen-bond donors (Lipinski definition) is 0. The third-order valence-corrected chi connectivity index (χ3v) is 3.21. The minimum absolute atomic E-state index is 0.0372. The number of halogens is 1. The Labute approximate surface area is 104 Å². The van der Waals surface area contributed by atoms with Gasteiger partial charge < -0.3 is 9.64 Å². The summed E-state index contributed by atoms with van der Waals surface area (Å²) in [5, 5.41) is 11.0. The lowest BCUT2D eigenvalue weighted by Crippen LogP contribution is -2.20. The Kier molecular flexibility index (Phi) is 3.36.